The number of hydrogen-bond acceptors (Lipinski definition) is 5. The molecule has 0 aromatic rings. The number of rotatable bonds is 8. The van der Waals surface area contributed by atoms with Crippen molar-refractivity contribution in [3.8, 4) is 0 Å². The summed E-state index contributed by atoms with van der Waals surface area (Å²) < 4.78 is 5.06. The summed E-state index contributed by atoms with van der Waals surface area (Å²) in [5, 5.41) is 5.55. The molecule has 0 spiro atoms. The van der Waals surface area contributed by atoms with Crippen molar-refractivity contribution in [3.05, 3.63) is 0 Å². The van der Waals surface area contributed by atoms with E-state index in [1.165, 1.54) is 0 Å². The second-order valence-corrected chi connectivity index (χ2v) is 6.16. The molecule has 0 aromatic heterocycles. The summed E-state index contributed by atoms with van der Waals surface area (Å²) in [6.45, 7) is 7.32. The third-order valence-electron chi connectivity index (χ3n) is 4.01. The number of likely N-dealkylation sites (tertiary alicyclic amines) is 1. The van der Waals surface area contributed by atoms with Crippen molar-refractivity contribution in [2.45, 2.75) is 38.8 Å². The van der Waals surface area contributed by atoms with Crippen molar-refractivity contribution >= 4 is 11.8 Å². The number of nitrogens with two attached hydrogens (primary N) is 1. The van der Waals surface area contributed by atoms with E-state index >= 15 is 0 Å². The third-order valence-corrected chi connectivity index (χ3v) is 4.01. The molecule has 7 nitrogen and oxygen atoms in total. The number of nitrogens with one attached hydrogen (secondary N) is 2. The highest BCUT2D eigenvalue weighted by molar-refractivity contribution is 5.87. The minimum Gasteiger partial charge on any atom is -0.383 e. The Labute approximate surface area is 132 Å². The molecule has 1 saturated heterocycles. The van der Waals surface area contributed by atoms with Crippen LogP contribution in [0.4, 0.5) is 0 Å². The van der Waals surface area contributed by atoms with Crippen LogP contribution in [0.2, 0.25) is 0 Å². The molecule has 1 aliphatic heterocycles. The highest BCUT2D eigenvalue weighted by Gasteiger charge is 2.21. The highest BCUT2D eigenvalue weighted by atomic mass is 16.5. The Morgan fingerprint density at radius 3 is 2.50 bits per heavy atom. The monoisotopic (exact) mass is 314 g/mol. The van der Waals surface area contributed by atoms with Gasteiger partial charge in [0.2, 0.25) is 11.8 Å². The topological polar surface area (TPSA) is 96.7 Å². The Morgan fingerprint density at radius 1 is 1.32 bits per heavy atom. The van der Waals surface area contributed by atoms with E-state index < -0.39 is 6.04 Å². The number of ether oxygens (including phenoxy) is 1. The minimum absolute atomic E-state index is 0.0108. The lowest BCUT2D eigenvalue weighted by Gasteiger charge is -2.32. The molecule has 0 aliphatic carbocycles. The van der Waals surface area contributed by atoms with Crippen molar-refractivity contribution in [3.63, 3.8) is 0 Å². The van der Waals surface area contributed by atoms with Crippen LogP contribution >= 0.6 is 0 Å². The summed E-state index contributed by atoms with van der Waals surface area (Å²) in [4.78, 5) is 25.9. The van der Waals surface area contributed by atoms with E-state index in [2.05, 4.69) is 15.5 Å². The molecule has 0 saturated carbocycles. The molecule has 0 radical (unpaired) electrons. The molecule has 22 heavy (non-hydrogen) atoms. The zero-order valence-electron chi connectivity index (χ0n) is 13.9. The summed E-state index contributed by atoms with van der Waals surface area (Å²) >= 11 is 0. The van der Waals surface area contributed by atoms with E-state index in [1.54, 1.807) is 7.11 Å². The molecule has 0 aromatic carbocycles. The van der Waals surface area contributed by atoms with Gasteiger partial charge in [0.15, 0.2) is 0 Å². The van der Waals surface area contributed by atoms with Crippen LogP contribution in [-0.4, -0.2) is 68.7 Å². The lowest BCUT2D eigenvalue weighted by molar-refractivity contribution is -0.127. The van der Waals surface area contributed by atoms with E-state index in [-0.39, 0.29) is 30.3 Å². The zero-order chi connectivity index (χ0) is 16.5. The first-order valence-corrected chi connectivity index (χ1v) is 7.98. The highest BCUT2D eigenvalue weighted by Crippen LogP contribution is 2.09. The molecular weight excluding hydrogens is 284 g/mol. The maximum absolute atomic E-state index is 11.9. The number of carbonyl (C=O) groups is 2. The van der Waals surface area contributed by atoms with Gasteiger partial charge in [0, 0.05) is 32.8 Å². The lowest BCUT2D eigenvalue weighted by Crippen LogP contribution is -2.50. The summed E-state index contributed by atoms with van der Waals surface area (Å²) in [6, 6.07) is -0.390. The first-order chi connectivity index (χ1) is 10.4. The van der Waals surface area contributed by atoms with Crippen molar-refractivity contribution in [2.24, 2.45) is 11.7 Å². The number of carbonyl (C=O) groups excluding carboxylic acids is 2. The fourth-order valence-electron chi connectivity index (χ4n) is 2.39. The summed E-state index contributed by atoms with van der Waals surface area (Å²) in [6.07, 6.45) is 1.85. The van der Waals surface area contributed by atoms with Gasteiger partial charge in [0.05, 0.1) is 19.2 Å². The molecule has 1 aliphatic rings. The van der Waals surface area contributed by atoms with Gasteiger partial charge in [-0.05, 0) is 18.8 Å². The van der Waals surface area contributed by atoms with Gasteiger partial charge in [-0.2, -0.15) is 0 Å². The van der Waals surface area contributed by atoms with Crippen LogP contribution in [0.5, 0.6) is 0 Å². The van der Waals surface area contributed by atoms with Crippen LogP contribution in [0.25, 0.3) is 0 Å². The predicted molar refractivity (Wildman–Crippen MR) is 85.3 cm³/mol. The fraction of sp³-hybridized carbons (Fsp3) is 0.867. The maximum Gasteiger partial charge on any atom is 0.239 e. The Kier molecular flexibility index (Phi) is 8.37. The smallest absolute Gasteiger partial charge is 0.239 e. The van der Waals surface area contributed by atoms with Crippen LogP contribution in [0.1, 0.15) is 26.7 Å². The molecule has 1 heterocycles. The molecular formula is C15H30N4O3. The van der Waals surface area contributed by atoms with Gasteiger partial charge in [-0.1, -0.05) is 13.8 Å². The van der Waals surface area contributed by atoms with E-state index in [0.29, 0.717) is 0 Å². The molecule has 1 atom stereocenters. The first-order valence-electron chi connectivity index (χ1n) is 7.98. The van der Waals surface area contributed by atoms with E-state index in [0.717, 1.165) is 39.1 Å². The number of methoxy groups -OCH3 is 1. The Bertz CT molecular complexity index is 355. The summed E-state index contributed by atoms with van der Waals surface area (Å²) in [5.41, 5.74) is 5.73. The predicted octanol–water partition coefficient (Wildman–Crippen LogP) is -0.687. The van der Waals surface area contributed by atoms with Crippen LogP contribution in [0.15, 0.2) is 0 Å². The van der Waals surface area contributed by atoms with Crippen LogP contribution in [0, 0.1) is 5.92 Å². The van der Waals surface area contributed by atoms with E-state index in [9.17, 15) is 9.59 Å². The molecule has 7 heteroatoms. The third kappa shape index (κ3) is 6.72. The van der Waals surface area contributed by atoms with Gasteiger partial charge in [0.25, 0.3) is 0 Å². The quantitative estimate of drug-likeness (QED) is 0.551. The molecule has 128 valence electrons. The first kappa shape index (κ1) is 18.9. The van der Waals surface area contributed by atoms with Crippen LogP contribution < -0.4 is 16.4 Å². The van der Waals surface area contributed by atoms with Gasteiger partial charge >= 0.3 is 0 Å². The Hall–Kier alpha value is -1.18. The maximum atomic E-state index is 11.9. The van der Waals surface area contributed by atoms with Crippen molar-refractivity contribution in [1.29, 1.82) is 0 Å². The zero-order valence-corrected chi connectivity index (χ0v) is 13.9. The SMILES string of the molecule is COCCN1CCC(NC(=O)CNC(=O)[C@@H](N)C(C)C)CC1. The second-order valence-electron chi connectivity index (χ2n) is 6.16. The Morgan fingerprint density at radius 2 is 1.95 bits per heavy atom. The average Bonchev–Trinajstić information content (AvgIpc) is 2.51. The largest absolute Gasteiger partial charge is 0.383 e. The average molecular weight is 314 g/mol. The standard InChI is InChI=1S/C15H30N4O3/c1-11(2)14(16)15(21)17-10-13(20)18-12-4-6-19(7-5-12)8-9-22-3/h11-12,14H,4-10,16H2,1-3H3,(H,17,21)(H,18,20)/t14-/m0/s1. The second kappa shape index (κ2) is 9.76. The molecule has 4 N–H and O–H groups in total. The summed E-state index contributed by atoms with van der Waals surface area (Å²) in [7, 11) is 1.70. The van der Waals surface area contributed by atoms with Gasteiger partial charge in [-0.3, -0.25) is 9.59 Å². The molecule has 0 bridgehead atoms. The normalized spacial score (nSPS) is 18.2. The lowest BCUT2D eigenvalue weighted by atomic mass is 10.0. The number of nitrogens with zero attached hydrogens (tertiary/aromatic N) is 1. The van der Waals surface area contributed by atoms with Gasteiger partial charge < -0.3 is 26.0 Å². The molecule has 2 amide bonds. The Balaban J connectivity index is 2.20. The van der Waals surface area contributed by atoms with Gasteiger partial charge in [-0.15, -0.1) is 0 Å². The van der Waals surface area contributed by atoms with Gasteiger partial charge in [0.1, 0.15) is 0 Å². The van der Waals surface area contributed by atoms with Crippen LogP contribution in [0.3, 0.4) is 0 Å². The van der Waals surface area contributed by atoms with Gasteiger partial charge in [-0.25, -0.2) is 0 Å². The molecule has 1 rings (SSSR count). The molecule has 0 unspecified atom stereocenters. The fourth-order valence-corrected chi connectivity index (χ4v) is 2.39. The van der Waals surface area contributed by atoms with E-state index in [1.807, 2.05) is 13.8 Å². The van der Waals surface area contributed by atoms with Crippen LogP contribution in [-0.2, 0) is 14.3 Å². The number of amides is 2. The van der Waals surface area contributed by atoms with Crippen molar-refractivity contribution < 1.29 is 14.3 Å². The van der Waals surface area contributed by atoms with Crippen molar-refractivity contribution in [1.82, 2.24) is 15.5 Å². The summed E-state index contributed by atoms with van der Waals surface area (Å²) in [5.74, 6) is -0.376. The number of hydrogen-bond donors (Lipinski definition) is 3. The van der Waals surface area contributed by atoms with E-state index in [4.69, 9.17) is 10.5 Å². The number of piperidine rings is 1. The molecule has 1 fully saturated rings. The van der Waals surface area contributed by atoms with Crippen molar-refractivity contribution in [2.75, 3.05) is 39.9 Å². The minimum atomic E-state index is -0.572.